The van der Waals surface area contributed by atoms with Gasteiger partial charge in [0.05, 0.1) is 7.11 Å². The predicted octanol–water partition coefficient (Wildman–Crippen LogP) is 5.20. The first kappa shape index (κ1) is 19.3. The van der Waals surface area contributed by atoms with Crippen LogP contribution in [0.15, 0.2) is 90.1 Å². The van der Waals surface area contributed by atoms with Crippen molar-refractivity contribution in [3.8, 4) is 11.4 Å². The van der Waals surface area contributed by atoms with Gasteiger partial charge in [0.15, 0.2) is 5.16 Å². The van der Waals surface area contributed by atoms with E-state index in [1.807, 2.05) is 24.3 Å². The molecule has 1 heterocycles. The lowest BCUT2D eigenvalue weighted by Gasteiger charge is -2.11. The minimum atomic E-state index is 0.735. The van der Waals surface area contributed by atoms with E-state index in [9.17, 15) is 0 Å². The summed E-state index contributed by atoms with van der Waals surface area (Å²) in [7, 11) is 1.68. The maximum absolute atomic E-state index is 5.31. The van der Waals surface area contributed by atoms with Gasteiger partial charge in [0.1, 0.15) is 11.6 Å². The number of rotatable bonds is 8. The molecule has 0 N–H and O–H groups in total. The van der Waals surface area contributed by atoms with Gasteiger partial charge >= 0.3 is 0 Å². The zero-order valence-corrected chi connectivity index (χ0v) is 17.2. The Hall–Kier alpha value is -3.05. The van der Waals surface area contributed by atoms with Gasteiger partial charge < -0.3 is 4.74 Å². The third-order valence-electron chi connectivity index (χ3n) is 4.70. The Bertz CT molecular complexity index is 1030. The van der Waals surface area contributed by atoms with Crippen molar-refractivity contribution >= 4 is 11.8 Å². The minimum Gasteiger partial charge on any atom is -0.497 e. The highest BCUT2D eigenvalue weighted by atomic mass is 32.2. The summed E-state index contributed by atoms with van der Waals surface area (Å²) in [5.41, 5.74) is 3.60. The van der Waals surface area contributed by atoms with Crippen molar-refractivity contribution in [2.45, 2.75) is 18.0 Å². The largest absolute Gasteiger partial charge is 0.497 e. The summed E-state index contributed by atoms with van der Waals surface area (Å²) >= 11 is 1.74. The lowest BCUT2D eigenvalue weighted by Crippen LogP contribution is -2.04. The monoisotopic (exact) mass is 401 g/mol. The summed E-state index contributed by atoms with van der Waals surface area (Å²) in [6, 6.07) is 29.0. The molecule has 29 heavy (non-hydrogen) atoms. The maximum atomic E-state index is 5.31. The Morgan fingerprint density at radius 1 is 0.793 bits per heavy atom. The fourth-order valence-corrected chi connectivity index (χ4v) is 4.14. The Morgan fingerprint density at radius 2 is 1.45 bits per heavy atom. The standard InChI is InChI=1S/C24H23N3OS/c1-28-22-14-12-21(13-15-22)27-23(18-20-10-6-3-7-11-20)25-26-24(27)29-17-16-19-8-4-2-5-9-19/h2-15H,16-18H2,1H3. The molecular weight excluding hydrogens is 378 g/mol. The number of thioether (sulfide) groups is 1. The molecule has 0 saturated heterocycles. The quantitative estimate of drug-likeness (QED) is 0.380. The molecule has 4 rings (SSSR count). The molecule has 0 aliphatic heterocycles. The highest BCUT2D eigenvalue weighted by molar-refractivity contribution is 7.99. The molecule has 0 aliphatic rings. The smallest absolute Gasteiger partial charge is 0.195 e. The topological polar surface area (TPSA) is 39.9 Å². The van der Waals surface area contributed by atoms with Crippen LogP contribution in [0.1, 0.15) is 17.0 Å². The van der Waals surface area contributed by atoms with Crippen molar-refractivity contribution in [2.24, 2.45) is 0 Å². The Kier molecular flexibility index (Phi) is 6.27. The van der Waals surface area contributed by atoms with Crippen molar-refractivity contribution in [1.29, 1.82) is 0 Å². The van der Waals surface area contributed by atoms with Crippen LogP contribution in [0.2, 0.25) is 0 Å². The first-order valence-electron chi connectivity index (χ1n) is 9.63. The maximum Gasteiger partial charge on any atom is 0.195 e. The van der Waals surface area contributed by atoms with Crippen molar-refractivity contribution in [3.63, 3.8) is 0 Å². The molecule has 0 unspecified atom stereocenters. The number of aromatic nitrogens is 3. The molecule has 0 bridgehead atoms. The van der Waals surface area contributed by atoms with Crippen LogP contribution in [-0.2, 0) is 12.8 Å². The van der Waals surface area contributed by atoms with Crippen molar-refractivity contribution in [2.75, 3.05) is 12.9 Å². The number of hydrogen-bond acceptors (Lipinski definition) is 4. The number of aryl methyl sites for hydroxylation is 1. The average Bonchev–Trinajstić information content (AvgIpc) is 3.17. The molecule has 5 heteroatoms. The lowest BCUT2D eigenvalue weighted by molar-refractivity contribution is 0.414. The second-order valence-electron chi connectivity index (χ2n) is 6.68. The van der Waals surface area contributed by atoms with Gasteiger partial charge in [-0.15, -0.1) is 10.2 Å². The fraction of sp³-hybridized carbons (Fsp3) is 0.167. The SMILES string of the molecule is COc1ccc(-n2c(Cc3ccccc3)nnc2SCCc2ccccc2)cc1. The number of nitrogens with zero attached hydrogens (tertiary/aromatic N) is 3. The molecule has 0 aliphatic carbocycles. The normalized spacial score (nSPS) is 10.8. The highest BCUT2D eigenvalue weighted by Crippen LogP contribution is 2.25. The van der Waals surface area contributed by atoms with Gasteiger partial charge in [-0.05, 0) is 41.8 Å². The molecule has 4 nitrogen and oxygen atoms in total. The van der Waals surface area contributed by atoms with E-state index < -0.39 is 0 Å². The van der Waals surface area contributed by atoms with E-state index >= 15 is 0 Å². The van der Waals surface area contributed by atoms with E-state index in [0.717, 1.165) is 41.0 Å². The zero-order chi connectivity index (χ0) is 19.9. The van der Waals surface area contributed by atoms with E-state index in [1.165, 1.54) is 11.1 Å². The third-order valence-corrected chi connectivity index (χ3v) is 5.63. The molecule has 0 saturated carbocycles. The van der Waals surface area contributed by atoms with Gasteiger partial charge in [0.25, 0.3) is 0 Å². The highest BCUT2D eigenvalue weighted by Gasteiger charge is 2.15. The second-order valence-corrected chi connectivity index (χ2v) is 7.74. The average molecular weight is 402 g/mol. The van der Waals surface area contributed by atoms with Crippen molar-refractivity contribution in [1.82, 2.24) is 14.8 Å². The second kappa shape index (κ2) is 9.43. The van der Waals surface area contributed by atoms with Gasteiger partial charge in [0, 0.05) is 17.9 Å². The lowest BCUT2D eigenvalue weighted by atomic mass is 10.1. The zero-order valence-electron chi connectivity index (χ0n) is 16.4. The summed E-state index contributed by atoms with van der Waals surface area (Å²) in [5, 5.41) is 9.94. The van der Waals surface area contributed by atoms with E-state index in [4.69, 9.17) is 4.74 Å². The Labute approximate surface area is 175 Å². The fourth-order valence-electron chi connectivity index (χ4n) is 3.18. The van der Waals surface area contributed by atoms with Crippen LogP contribution in [0.3, 0.4) is 0 Å². The molecule has 4 aromatic rings. The van der Waals surface area contributed by atoms with E-state index in [-0.39, 0.29) is 0 Å². The van der Waals surface area contributed by atoms with E-state index in [0.29, 0.717) is 0 Å². The molecule has 0 spiro atoms. The van der Waals surface area contributed by atoms with Crippen LogP contribution in [-0.4, -0.2) is 27.6 Å². The van der Waals surface area contributed by atoms with Crippen LogP contribution in [0.4, 0.5) is 0 Å². The van der Waals surface area contributed by atoms with Gasteiger partial charge in [-0.2, -0.15) is 0 Å². The predicted molar refractivity (Wildman–Crippen MR) is 118 cm³/mol. The summed E-state index contributed by atoms with van der Waals surface area (Å²) in [6.07, 6.45) is 1.73. The molecule has 146 valence electrons. The van der Waals surface area contributed by atoms with Gasteiger partial charge in [-0.3, -0.25) is 4.57 Å². The van der Waals surface area contributed by atoms with Crippen molar-refractivity contribution in [3.05, 3.63) is 102 Å². The van der Waals surface area contributed by atoms with Crippen molar-refractivity contribution < 1.29 is 4.74 Å². The Morgan fingerprint density at radius 3 is 2.10 bits per heavy atom. The molecule has 0 fully saturated rings. The molecule has 0 atom stereocenters. The molecule has 3 aromatic carbocycles. The van der Waals surface area contributed by atoms with E-state index in [1.54, 1.807) is 18.9 Å². The van der Waals surface area contributed by atoms with Crippen LogP contribution < -0.4 is 4.74 Å². The van der Waals surface area contributed by atoms with Gasteiger partial charge in [0.2, 0.25) is 0 Å². The number of benzene rings is 3. The molecule has 0 amide bonds. The van der Waals surface area contributed by atoms with E-state index in [2.05, 4.69) is 75.4 Å². The third kappa shape index (κ3) is 4.87. The Balaban J connectivity index is 1.59. The summed E-state index contributed by atoms with van der Waals surface area (Å²) < 4.78 is 7.47. The van der Waals surface area contributed by atoms with Crippen LogP contribution in [0.25, 0.3) is 5.69 Å². The van der Waals surface area contributed by atoms with Crippen LogP contribution in [0.5, 0.6) is 5.75 Å². The van der Waals surface area contributed by atoms with Crippen LogP contribution >= 0.6 is 11.8 Å². The summed E-state index contributed by atoms with van der Waals surface area (Å²) in [5.74, 6) is 2.72. The number of ether oxygens (including phenoxy) is 1. The number of hydrogen-bond donors (Lipinski definition) is 0. The number of methoxy groups -OCH3 is 1. The molecule has 1 aromatic heterocycles. The first-order valence-corrected chi connectivity index (χ1v) is 10.6. The summed E-state index contributed by atoms with van der Waals surface area (Å²) in [4.78, 5) is 0. The minimum absolute atomic E-state index is 0.735. The van der Waals surface area contributed by atoms with Crippen LogP contribution in [0, 0.1) is 0 Å². The molecule has 0 radical (unpaired) electrons. The molecular formula is C24H23N3OS. The summed E-state index contributed by atoms with van der Waals surface area (Å²) in [6.45, 7) is 0. The van der Waals surface area contributed by atoms with Gasteiger partial charge in [-0.1, -0.05) is 72.4 Å². The first-order chi connectivity index (χ1) is 14.3. The van der Waals surface area contributed by atoms with Gasteiger partial charge in [-0.25, -0.2) is 0 Å².